The Morgan fingerprint density at radius 1 is 1.64 bits per heavy atom. The van der Waals surface area contributed by atoms with Gasteiger partial charge in [-0.1, -0.05) is 0 Å². The van der Waals surface area contributed by atoms with Crippen molar-refractivity contribution in [1.82, 2.24) is 0 Å². The molecule has 58 valence electrons. The molecule has 0 aromatic carbocycles. The van der Waals surface area contributed by atoms with Crippen LogP contribution in [0.4, 0.5) is 0 Å². The van der Waals surface area contributed by atoms with E-state index in [1.165, 1.54) is 0 Å². The summed E-state index contributed by atoms with van der Waals surface area (Å²) in [4.78, 5) is 10.2. The van der Waals surface area contributed by atoms with Crippen LogP contribution in [-0.2, 0) is 9.53 Å². The minimum atomic E-state index is -1.24. The third-order valence-electron chi connectivity index (χ3n) is 1.52. The van der Waals surface area contributed by atoms with Gasteiger partial charge in [-0.3, -0.25) is 0 Å². The van der Waals surface area contributed by atoms with Crippen LogP contribution in [0.5, 0.6) is 0 Å². The molecule has 0 spiro atoms. The van der Waals surface area contributed by atoms with Gasteiger partial charge in [-0.15, -0.1) is 0 Å². The maximum Gasteiger partial charge on any atom is 1.00 e. The number of rotatable bonds is 1. The molecule has 1 fully saturated rings. The van der Waals surface area contributed by atoms with Crippen molar-refractivity contribution >= 4 is 5.97 Å². The van der Waals surface area contributed by atoms with E-state index in [9.17, 15) is 9.90 Å². The topological polar surface area (TPSA) is 69.6 Å². The first-order chi connectivity index (χ1) is 4.70. The Hall–Kier alpha value is 0.390. The molecule has 1 saturated heterocycles. The number of hydrogen-bond acceptors (Lipinski definition) is 4. The number of aliphatic carboxylic acids is 1. The average Bonchev–Trinajstić information content (AvgIpc) is 1.88. The minimum Gasteiger partial charge on any atom is -0.547 e. The van der Waals surface area contributed by atoms with Gasteiger partial charge in [0.2, 0.25) is 0 Å². The van der Waals surface area contributed by atoms with E-state index in [1.807, 2.05) is 0 Å². The van der Waals surface area contributed by atoms with Gasteiger partial charge in [-0.2, -0.15) is 0 Å². The van der Waals surface area contributed by atoms with Crippen LogP contribution in [0.3, 0.4) is 0 Å². The van der Waals surface area contributed by atoms with Gasteiger partial charge >= 0.3 is 29.6 Å². The van der Waals surface area contributed by atoms with Crippen molar-refractivity contribution in [2.24, 2.45) is 0 Å². The second-order valence-electron chi connectivity index (χ2n) is 2.36. The Kier molecular flexibility index (Phi) is 5.29. The molecule has 1 aliphatic heterocycles. The van der Waals surface area contributed by atoms with E-state index in [1.54, 1.807) is 0 Å². The van der Waals surface area contributed by atoms with E-state index in [-0.39, 0.29) is 36.0 Å². The summed E-state index contributed by atoms with van der Waals surface area (Å²) in [6, 6.07) is 0. The summed E-state index contributed by atoms with van der Waals surface area (Å²) in [5, 5.41) is 19.1. The van der Waals surface area contributed by atoms with Crippen LogP contribution in [-0.4, -0.2) is 29.9 Å². The zero-order valence-electron chi connectivity index (χ0n) is 6.45. The number of hydrogen-bond donors (Lipinski definition) is 1. The maximum absolute atomic E-state index is 10.2. The van der Waals surface area contributed by atoms with Crippen molar-refractivity contribution in [3.05, 3.63) is 0 Å². The SMILES string of the molecule is O=C([O-])C1CC(O)CCO1.[Na+]. The molecule has 2 atom stereocenters. The van der Waals surface area contributed by atoms with Gasteiger partial charge in [0.1, 0.15) is 0 Å². The van der Waals surface area contributed by atoms with Gasteiger partial charge in [0.15, 0.2) is 0 Å². The van der Waals surface area contributed by atoms with Crippen molar-refractivity contribution in [3.8, 4) is 0 Å². The van der Waals surface area contributed by atoms with E-state index in [0.29, 0.717) is 13.0 Å². The van der Waals surface area contributed by atoms with Gasteiger partial charge in [0.25, 0.3) is 0 Å². The smallest absolute Gasteiger partial charge is 0.547 e. The summed E-state index contributed by atoms with van der Waals surface area (Å²) < 4.78 is 4.79. The standard InChI is InChI=1S/C6H10O4.Na/c7-4-1-2-10-5(3-4)6(8)9;/h4-5,7H,1-3H2,(H,8,9);/q;+1/p-1. The number of carboxylic acids is 1. The Labute approximate surface area is 86.8 Å². The molecular formula is C6H9NaO4. The van der Waals surface area contributed by atoms with Gasteiger partial charge in [0.05, 0.1) is 18.2 Å². The van der Waals surface area contributed by atoms with Crippen LogP contribution in [0.2, 0.25) is 0 Å². The number of ether oxygens (including phenoxy) is 1. The Morgan fingerprint density at radius 2 is 2.27 bits per heavy atom. The van der Waals surface area contributed by atoms with Crippen LogP contribution in [0.25, 0.3) is 0 Å². The molecule has 4 nitrogen and oxygen atoms in total. The molecule has 11 heavy (non-hydrogen) atoms. The summed E-state index contributed by atoms with van der Waals surface area (Å²) in [6.45, 7) is 0.305. The number of aliphatic hydroxyl groups excluding tert-OH is 1. The summed E-state index contributed by atoms with van der Waals surface area (Å²) in [5.41, 5.74) is 0. The molecule has 0 radical (unpaired) electrons. The fourth-order valence-corrected chi connectivity index (χ4v) is 0.944. The van der Waals surface area contributed by atoms with Crippen LogP contribution in [0, 0.1) is 0 Å². The summed E-state index contributed by atoms with van der Waals surface area (Å²) >= 11 is 0. The Balaban J connectivity index is 0.000001000. The zero-order valence-corrected chi connectivity index (χ0v) is 8.45. The molecule has 1 rings (SSSR count). The first-order valence-electron chi connectivity index (χ1n) is 3.20. The van der Waals surface area contributed by atoms with E-state index < -0.39 is 18.2 Å². The van der Waals surface area contributed by atoms with Crippen LogP contribution < -0.4 is 34.7 Å². The largest absolute Gasteiger partial charge is 1.00 e. The van der Waals surface area contributed by atoms with Crippen LogP contribution >= 0.6 is 0 Å². The van der Waals surface area contributed by atoms with Gasteiger partial charge in [-0.05, 0) is 6.42 Å². The minimum absolute atomic E-state index is 0. The van der Waals surface area contributed by atoms with E-state index in [2.05, 4.69) is 0 Å². The number of carbonyl (C=O) groups is 1. The summed E-state index contributed by atoms with van der Waals surface area (Å²) in [6.07, 6.45) is -0.785. The van der Waals surface area contributed by atoms with E-state index in [0.717, 1.165) is 0 Å². The van der Waals surface area contributed by atoms with Gasteiger partial charge in [0, 0.05) is 13.0 Å². The average molecular weight is 168 g/mol. The zero-order chi connectivity index (χ0) is 7.56. The summed E-state index contributed by atoms with van der Waals surface area (Å²) in [7, 11) is 0. The normalized spacial score (nSPS) is 30.6. The molecule has 0 aliphatic carbocycles. The fourth-order valence-electron chi connectivity index (χ4n) is 0.944. The molecule has 1 heterocycles. The number of aliphatic hydroxyl groups is 1. The third kappa shape index (κ3) is 3.53. The molecule has 0 bridgehead atoms. The quantitative estimate of drug-likeness (QED) is 0.399. The molecular weight excluding hydrogens is 159 g/mol. The molecule has 1 aliphatic rings. The Morgan fingerprint density at radius 3 is 2.64 bits per heavy atom. The fraction of sp³-hybridized carbons (Fsp3) is 0.833. The number of carbonyl (C=O) groups excluding carboxylic acids is 1. The molecule has 0 saturated carbocycles. The second kappa shape index (κ2) is 5.11. The molecule has 0 amide bonds. The van der Waals surface area contributed by atoms with Crippen molar-refractivity contribution in [2.75, 3.05) is 6.61 Å². The van der Waals surface area contributed by atoms with E-state index >= 15 is 0 Å². The molecule has 2 unspecified atom stereocenters. The monoisotopic (exact) mass is 168 g/mol. The predicted molar refractivity (Wildman–Crippen MR) is 30.0 cm³/mol. The van der Waals surface area contributed by atoms with Gasteiger partial charge in [-0.25, -0.2) is 0 Å². The first-order valence-corrected chi connectivity index (χ1v) is 3.20. The first kappa shape index (κ1) is 11.4. The maximum atomic E-state index is 10.2. The predicted octanol–water partition coefficient (Wildman–Crippen LogP) is -4.72. The van der Waals surface area contributed by atoms with Crippen molar-refractivity contribution in [3.63, 3.8) is 0 Å². The van der Waals surface area contributed by atoms with Crippen molar-refractivity contribution in [1.29, 1.82) is 0 Å². The molecule has 0 aromatic heterocycles. The molecule has 0 aromatic rings. The van der Waals surface area contributed by atoms with Crippen LogP contribution in [0.15, 0.2) is 0 Å². The van der Waals surface area contributed by atoms with Crippen molar-refractivity contribution in [2.45, 2.75) is 25.0 Å². The third-order valence-corrected chi connectivity index (χ3v) is 1.52. The second-order valence-corrected chi connectivity index (χ2v) is 2.36. The van der Waals surface area contributed by atoms with E-state index in [4.69, 9.17) is 9.84 Å². The van der Waals surface area contributed by atoms with Crippen LogP contribution in [0.1, 0.15) is 12.8 Å². The Bertz CT molecular complexity index is 139. The number of carboxylic acid groups (broad SMARTS) is 1. The molecule has 1 N–H and O–H groups in total. The molecule has 5 heteroatoms. The van der Waals surface area contributed by atoms with Crippen molar-refractivity contribution < 1.29 is 49.3 Å². The van der Waals surface area contributed by atoms with Gasteiger partial charge < -0.3 is 19.7 Å². The summed E-state index contributed by atoms with van der Waals surface area (Å²) in [5.74, 6) is -1.24.